The molecule has 0 saturated heterocycles. The molecule has 156 valence electrons. The molecule has 0 unspecified atom stereocenters. The molecule has 0 bridgehead atoms. The maximum Gasteiger partial charge on any atom is 0.250 e. The predicted molar refractivity (Wildman–Crippen MR) is 125 cm³/mol. The van der Waals surface area contributed by atoms with E-state index < -0.39 is 0 Å². The second kappa shape index (κ2) is 9.67. The molecule has 0 aliphatic rings. The number of aryl methyl sites for hydroxylation is 1. The smallest absolute Gasteiger partial charge is 0.250 e. The molecule has 7 nitrogen and oxygen atoms in total. The number of nitrogens with zero attached hydrogens (tertiary/aromatic N) is 5. The SMILES string of the molecule is CC(=NNC(=O)CSc1nnc(-c2ccncc2)n1-c1ccc(C)cc1)c1cccs1. The zero-order valence-electron chi connectivity index (χ0n) is 17.0. The van der Waals surface area contributed by atoms with E-state index in [0.29, 0.717) is 11.0 Å². The number of hydrogen-bond acceptors (Lipinski definition) is 7. The zero-order valence-corrected chi connectivity index (χ0v) is 18.7. The van der Waals surface area contributed by atoms with E-state index in [0.717, 1.165) is 27.4 Å². The first-order valence-corrected chi connectivity index (χ1v) is 11.4. The van der Waals surface area contributed by atoms with Gasteiger partial charge in [-0.05, 0) is 49.6 Å². The molecule has 3 aromatic heterocycles. The quantitative estimate of drug-likeness (QED) is 0.258. The van der Waals surface area contributed by atoms with Gasteiger partial charge in [-0.25, -0.2) is 5.43 Å². The van der Waals surface area contributed by atoms with Crippen LogP contribution in [0.4, 0.5) is 0 Å². The van der Waals surface area contributed by atoms with Crippen molar-refractivity contribution in [2.24, 2.45) is 5.10 Å². The van der Waals surface area contributed by atoms with Crippen molar-refractivity contribution >= 4 is 34.7 Å². The summed E-state index contributed by atoms with van der Waals surface area (Å²) >= 11 is 2.89. The Morgan fingerprint density at radius 2 is 1.90 bits per heavy atom. The van der Waals surface area contributed by atoms with Gasteiger partial charge in [0.25, 0.3) is 5.91 Å². The van der Waals surface area contributed by atoms with Crippen LogP contribution in [0.1, 0.15) is 17.4 Å². The van der Waals surface area contributed by atoms with E-state index in [1.807, 2.05) is 72.3 Å². The summed E-state index contributed by atoms with van der Waals surface area (Å²) in [5.41, 5.74) is 6.38. The van der Waals surface area contributed by atoms with Gasteiger partial charge in [-0.3, -0.25) is 14.3 Å². The van der Waals surface area contributed by atoms with Crippen molar-refractivity contribution in [3.05, 3.63) is 76.7 Å². The van der Waals surface area contributed by atoms with Crippen molar-refractivity contribution in [2.45, 2.75) is 19.0 Å². The number of hydrazone groups is 1. The molecule has 0 fully saturated rings. The second-order valence-corrected chi connectivity index (χ2v) is 8.60. The highest BCUT2D eigenvalue weighted by molar-refractivity contribution is 7.99. The molecule has 0 saturated carbocycles. The molecule has 1 N–H and O–H groups in total. The van der Waals surface area contributed by atoms with Crippen molar-refractivity contribution < 1.29 is 4.79 Å². The third-order valence-electron chi connectivity index (χ3n) is 4.42. The number of amides is 1. The highest BCUT2D eigenvalue weighted by atomic mass is 32.2. The first-order chi connectivity index (χ1) is 15.1. The molecule has 0 aliphatic carbocycles. The minimum atomic E-state index is -0.204. The average Bonchev–Trinajstić information content (AvgIpc) is 3.48. The number of thiophene rings is 1. The van der Waals surface area contributed by atoms with Gasteiger partial charge in [0.1, 0.15) is 0 Å². The van der Waals surface area contributed by atoms with Crippen LogP contribution in [0, 0.1) is 6.92 Å². The van der Waals surface area contributed by atoms with Crippen LogP contribution in [0.15, 0.2) is 76.6 Å². The van der Waals surface area contributed by atoms with Gasteiger partial charge in [-0.15, -0.1) is 21.5 Å². The van der Waals surface area contributed by atoms with Crippen LogP contribution >= 0.6 is 23.1 Å². The monoisotopic (exact) mass is 448 g/mol. The largest absolute Gasteiger partial charge is 0.272 e. The summed E-state index contributed by atoms with van der Waals surface area (Å²) in [6, 6.07) is 15.8. The topological polar surface area (TPSA) is 85.1 Å². The Morgan fingerprint density at radius 3 is 2.61 bits per heavy atom. The fourth-order valence-corrected chi connectivity index (χ4v) is 4.25. The maximum atomic E-state index is 12.4. The van der Waals surface area contributed by atoms with E-state index in [2.05, 4.69) is 25.7 Å². The Hall–Kier alpha value is -3.30. The van der Waals surface area contributed by atoms with Crippen molar-refractivity contribution in [1.29, 1.82) is 0 Å². The number of thioether (sulfide) groups is 1. The number of hydrogen-bond donors (Lipinski definition) is 1. The summed E-state index contributed by atoms with van der Waals surface area (Å²) < 4.78 is 1.95. The van der Waals surface area contributed by atoms with Gasteiger partial charge in [-0.2, -0.15) is 5.10 Å². The zero-order chi connectivity index (χ0) is 21.6. The molecule has 4 aromatic rings. The Bertz CT molecular complexity index is 1180. The minimum absolute atomic E-state index is 0.168. The lowest BCUT2D eigenvalue weighted by molar-refractivity contribution is -0.118. The van der Waals surface area contributed by atoms with E-state index in [1.54, 1.807) is 23.7 Å². The lowest BCUT2D eigenvalue weighted by Crippen LogP contribution is -2.21. The first-order valence-electron chi connectivity index (χ1n) is 9.54. The van der Waals surface area contributed by atoms with Gasteiger partial charge < -0.3 is 0 Å². The molecule has 9 heteroatoms. The Kier molecular flexibility index (Phi) is 6.54. The van der Waals surface area contributed by atoms with Gasteiger partial charge in [-0.1, -0.05) is 35.5 Å². The summed E-state index contributed by atoms with van der Waals surface area (Å²) in [6.07, 6.45) is 3.44. The first kappa shape index (κ1) is 21.0. The highest BCUT2D eigenvalue weighted by Gasteiger charge is 2.17. The second-order valence-electron chi connectivity index (χ2n) is 6.71. The normalized spacial score (nSPS) is 11.5. The fraction of sp³-hybridized carbons (Fsp3) is 0.136. The number of nitrogens with one attached hydrogen (secondary N) is 1. The van der Waals surface area contributed by atoms with Crippen LogP contribution in [-0.2, 0) is 4.79 Å². The summed E-state index contributed by atoms with van der Waals surface area (Å²) in [4.78, 5) is 17.5. The summed E-state index contributed by atoms with van der Waals surface area (Å²) in [6.45, 7) is 3.91. The summed E-state index contributed by atoms with van der Waals surface area (Å²) in [5, 5.41) is 15.5. The molecular formula is C22H20N6OS2. The molecule has 0 radical (unpaired) electrons. The van der Waals surface area contributed by atoms with E-state index in [-0.39, 0.29) is 11.7 Å². The van der Waals surface area contributed by atoms with Crippen LogP contribution < -0.4 is 5.43 Å². The van der Waals surface area contributed by atoms with Crippen molar-refractivity contribution in [2.75, 3.05) is 5.75 Å². The van der Waals surface area contributed by atoms with E-state index in [1.165, 1.54) is 11.8 Å². The molecule has 4 rings (SSSR count). The Balaban J connectivity index is 1.54. The van der Waals surface area contributed by atoms with E-state index >= 15 is 0 Å². The maximum absolute atomic E-state index is 12.4. The predicted octanol–water partition coefficient (Wildman–Crippen LogP) is 4.33. The van der Waals surface area contributed by atoms with Gasteiger partial charge in [0.15, 0.2) is 11.0 Å². The molecule has 0 atom stereocenters. The third kappa shape index (κ3) is 5.07. The standard InChI is InChI=1S/C22H20N6OS2/c1-15-5-7-18(8-6-15)28-21(17-9-11-23-12-10-17)26-27-22(28)31-14-20(29)25-24-16(2)19-4-3-13-30-19/h3-13H,14H2,1-2H3,(H,25,29). The molecule has 0 spiro atoms. The lowest BCUT2D eigenvalue weighted by atomic mass is 10.2. The molecule has 0 aliphatic heterocycles. The molecule has 1 amide bonds. The number of benzene rings is 1. The summed E-state index contributed by atoms with van der Waals surface area (Å²) in [7, 11) is 0. The molecular weight excluding hydrogens is 428 g/mol. The molecule has 3 heterocycles. The summed E-state index contributed by atoms with van der Waals surface area (Å²) in [5.74, 6) is 0.659. The van der Waals surface area contributed by atoms with Crippen molar-refractivity contribution in [1.82, 2.24) is 25.2 Å². The van der Waals surface area contributed by atoms with Crippen LogP contribution in [0.5, 0.6) is 0 Å². The van der Waals surface area contributed by atoms with Crippen LogP contribution in [0.2, 0.25) is 0 Å². The third-order valence-corrected chi connectivity index (χ3v) is 6.33. The lowest BCUT2D eigenvalue weighted by Gasteiger charge is -2.10. The van der Waals surface area contributed by atoms with E-state index in [4.69, 9.17) is 0 Å². The van der Waals surface area contributed by atoms with Crippen molar-refractivity contribution in [3.8, 4) is 17.1 Å². The van der Waals surface area contributed by atoms with Gasteiger partial charge in [0.05, 0.1) is 11.5 Å². The molecule has 1 aromatic carbocycles. The minimum Gasteiger partial charge on any atom is -0.272 e. The van der Waals surface area contributed by atoms with Gasteiger partial charge in [0, 0.05) is 28.5 Å². The fourth-order valence-electron chi connectivity index (χ4n) is 2.83. The van der Waals surface area contributed by atoms with E-state index in [9.17, 15) is 4.79 Å². The Labute approximate surface area is 188 Å². The highest BCUT2D eigenvalue weighted by Crippen LogP contribution is 2.27. The average molecular weight is 449 g/mol. The number of carbonyl (C=O) groups excluding carboxylic acids is 1. The van der Waals surface area contributed by atoms with Crippen molar-refractivity contribution in [3.63, 3.8) is 0 Å². The Morgan fingerprint density at radius 1 is 1.13 bits per heavy atom. The van der Waals surface area contributed by atoms with Crippen LogP contribution in [0.25, 0.3) is 17.1 Å². The van der Waals surface area contributed by atoms with Crippen LogP contribution in [-0.4, -0.2) is 37.1 Å². The number of aromatic nitrogens is 4. The molecule has 31 heavy (non-hydrogen) atoms. The van der Waals surface area contributed by atoms with Gasteiger partial charge in [0.2, 0.25) is 0 Å². The van der Waals surface area contributed by atoms with Crippen LogP contribution in [0.3, 0.4) is 0 Å². The van der Waals surface area contributed by atoms with Gasteiger partial charge >= 0.3 is 0 Å². The number of carbonyl (C=O) groups is 1. The number of pyridine rings is 1. The number of rotatable bonds is 7.